The maximum atomic E-state index is 5.96. The van der Waals surface area contributed by atoms with Crippen molar-refractivity contribution in [2.75, 3.05) is 0 Å². The number of hydrogen-bond donors (Lipinski definition) is 1. The van der Waals surface area contributed by atoms with E-state index in [2.05, 4.69) is 23.0 Å². The van der Waals surface area contributed by atoms with Crippen molar-refractivity contribution in [1.29, 1.82) is 0 Å². The van der Waals surface area contributed by atoms with E-state index in [1.165, 1.54) is 11.1 Å². The molecule has 0 saturated carbocycles. The Morgan fingerprint density at radius 2 is 1.94 bits per heavy atom. The Kier molecular flexibility index (Phi) is 4.46. The minimum absolute atomic E-state index is 0.601. The molecule has 0 amide bonds. The van der Waals surface area contributed by atoms with Gasteiger partial charge in [0.25, 0.3) is 0 Å². The van der Waals surface area contributed by atoms with Gasteiger partial charge in [0.1, 0.15) is 0 Å². The van der Waals surface area contributed by atoms with Crippen LogP contribution in [0.1, 0.15) is 16.7 Å². The molecule has 1 N–H and O–H groups in total. The van der Waals surface area contributed by atoms with Crippen LogP contribution in [-0.4, -0.2) is 0 Å². The molecule has 1 aromatic heterocycles. The van der Waals surface area contributed by atoms with Crippen LogP contribution in [0.2, 0.25) is 10.0 Å². The van der Waals surface area contributed by atoms with Crippen molar-refractivity contribution >= 4 is 34.5 Å². The lowest BCUT2D eigenvalue weighted by atomic mass is 10.2. The maximum Gasteiger partial charge on any atom is 0.0595 e. The summed E-state index contributed by atoms with van der Waals surface area (Å²) in [5.41, 5.74) is 3.85. The lowest BCUT2D eigenvalue weighted by Gasteiger charge is -2.06. The lowest BCUT2D eigenvalue weighted by molar-refractivity contribution is 0.692. The Morgan fingerprint density at radius 3 is 2.59 bits per heavy atom. The second-order valence-corrected chi connectivity index (χ2v) is 5.49. The van der Waals surface area contributed by atoms with Gasteiger partial charge in [0.15, 0.2) is 0 Å². The maximum absolute atomic E-state index is 5.96. The Balaban J connectivity index is 1.90. The third kappa shape index (κ3) is 3.46. The molecule has 17 heavy (non-hydrogen) atoms. The molecule has 0 fully saturated rings. The quantitative estimate of drug-likeness (QED) is 0.862. The van der Waals surface area contributed by atoms with Crippen LogP contribution >= 0.6 is 34.5 Å². The van der Waals surface area contributed by atoms with Gasteiger partial charge in [-0.15, -0.1) is 0 Å². The van der Waals surface area contributed by atoms with Crippen molar-refractivity contribution in [2.45, 2.75) is 20.0 Å². The first kappa shape index (κ1) is 12.9. The van der Waals surface area contributed by atoms with Crippen molar-refractivity contribution in [3.8, 4) is 0 Å². The SMILES string of the molecule is Cc1cscc1CNCc1ccc(Cl)c(Cl)c1. The monoisotopic (exact) mass is 285 g/mol. The molecule has 2 rings (SSSR count). The zero-order valence-electron chi connectivity index (χ0n) is 9.47. The summed E-state index contributed by atoms with van der Waals surface area (Å²) in [4.78, 5) is 0. The number of thiophene rings is 1. The summed E-state index contributed by atoms with van der Waals surface area (Å²) in [5.74, 6) is 0. The third-order valence-corrected chi connectivity index (χ3v) is 4.24. The van der Waals surface area contributed by atoms with Crippen LogP contribution < -0.4 is 5.32 Å². The molecule has 0 unspecified atom stereocenters. The standard InChI is InChI=1S/C13H13Cl2NS/c1-9-7-17-8-11(9)6-16-5-10-2-3-12(14)13(15)4-10/h2-4,7-8,16H,5-6H2,1H3. The van der Waals surface area contributed by atoms with Crippen molar-refractivity contribution in [2.24, 2.45) is 0 Å². The molecule has 1 heterocycles. The molecule has 1 nitrogen and oxygen atoms in total. The molecule has 0 bridgehead atoms. The van der Waals surface area contributed by atoms with Gasteiger partial charge in [0.2, 0.25) is 0 Å². The van der Waals surface area contributed by atoms with Crippen LogP contribution in [0.4, 0.5) is 0 Å². The molecular weight excluding hydrogens is 273 g/mol. The van der Waals surface area contributed by atoms with E-state index in [1.54, 1.807) is 11.3 Å². The van der Waals surface area contributed by atoms with Gasteiger partial charge in [0.05, 0.1) is 10.0 Å². The minimum Gasteiger partial charge on any atom is -0.309 e. The number of hydrogen-bond acceptors (Lipinski definition) is 2. The largest absolute Gasteiger partial charge is 0.309 e. The van der Waals surface area contributed by atoms with E-state index >= 15 is 0 Å². The lowest BCUT2D eigenvalue weighted by Crippen LogP contribution is -2.12. The summed E-state index contributed by atoms with van der Waals surface area (Å²) in [7, 11) is 0. The predicted octanol–water partition coefficient (Wildman–Crippen LogP) is 4.65. The fourth-order valence-electron chi connectivity index (χ4n) is 1.56. The Labute approximate surface area is 115 Å². The van der Waals surface area contributed by atoms with E-state index in [4.69, 9.17) is 23.2 Å². The van der Waals surface area contributed by atoms with Crippen LogP contribution in [0.3, 0.4) is 0 Å². The summed E-state index contributed by atoms with van der Waals surface area (Å²) in [6.45, 7) is 3.81. The number of aryl methyl sites for hydroxylation is 1. The van der Waals surface area contributed by atoms with E-state index < -0.39 is 0 Å². The zero-order valence-corrected chi connectivity index (χ0v) is 11.8. The predicted molar refractivity (Wildman–Crippen MR) is 76.1 cm³/mol. The molecule has 0 atom stereocenters. The Hall–Kier alpha value is -0.540. The summed E-state index contributed by atoms with van der Waals surface area (Å²) in [6, 6.07) is 5.72. The normalized spacial score (nSPS) is 10.8. The molecular formula is C13H13Cl2NS. The van der Waals surface area contributed by atoms with Crippen LogP contribution in [0.5, 0.6) is 0 Å². The van der Waals surface area contributed by atoms with E-state index in [1.807, 2.05) is 18.2 Å². The summed E-state index contributed by atoms with van der Waals surface area (Å²) in [5, 5.41) is 8.95. The summed E-state index contributed by atoms with van der Waals surface area (Å²) >= 11 is 13.6. The fourth-order valence-corrected chi connectivity index (χ4v) is 2.74. The second kappa shape index (κ2) is 5.87. The summed E-state index contributed by atoms with van der Waals surface area (Å²) in [6.07, 6.45) is 0. The first-order valence-corrected chi connectivity index (χ1v) is 7.03. The first-order valence-electron chi connectivity index (χ1n) is 5.33. The molecule has 2 aromatic rings. The average Bonchev–Trinajstić information content (AvgIpc) is 2.70. The van der Waals surface area contributed by atoms with Gasteiger partial charge in [0, 0.05) is 13.1 Å². The van der Waals surface area contributed by atoms with Crippen LogP contribution in [-0.2, 0) is 13.1 Å². The zero-order chi connectivity index (χ0) is 12.3. The number of benzene rings is 1. The molecule has 0 aliphatic rings. The fraction of sp³-hybridized carbons (Fsp3) is 0.231. The van der Waals surface area contributed by atoms with Gasteiger partial charge in [-0.3, -0.25) is 0 Å². The smallest absolute Gasteiger partial charge is 0.0595 e. The molecule has 0 radical (unpaired) electrons. The second-order valence-electron chi connectivity index (χ2n) is 3.93. The van der Waals surface area contributed by atoms with Crippen molar-refractivity contribution < 1.29 is 0 Å². The molecule has 0 aliphatic carbocycles. The van der Waals surface area contributed by atoms with E-state index in [9.17, 15) is 0 Å². The minimum atomic E-state index is 0.601. The van der Waals surface area contributed by atoms with Gasteiger partial charge < -0.3 is 5.32 Å². The highest BCUT2D eigenvalue weighted by atomic mass is 35.5. The van der Waals surface area contributed by atoms with Crippen molar-refractivity contribution in [1.82, 2.24) is 5.32 Å². The number of rotatable bonds is 4. The van der Waals surface area contributed by atoms with E-state index in [0.717, 1.165) is 18.7 Å². The molecule has 0 saturated heterocycles. The molecule has 90 valence electrons. The first-order chi connectivity index (χ1) is 8.16. The van der Waals surface area contributed by atoms with Gasteiger partial charge in [-0.25, -0.2) is 0 Å². The van der Waals surface area contributed by atoms with Crippen molar-refractivity contribution in [3.63, 3.8) is 0 Å². The van der Waals surface area contributed by atoms with Gasteiger partial charge >= 0.3 is 0 Å². The average molecular weight is 286 g/mol. The molecule has 0 aliphatic heterocycles. The van der Waals surface area contributed by atoms with Gasteiger partial charge in [-0.2, -0.15) is 11.3 Å². The highest BCUT2D eigenvalue weighted by Gasteiger charge is 2.01. The van der Waals surface area contributed by atoms with E-state index in [0.29, 0.717) is 10.0 Å². The van der Waals surface area contributed by atoms with Crippen LogP contribution in [0, 0.1) is 6.92 Å². The van der Waals surface area contributed by atoms with Gasteiger partial charge in [-0.1, -0.05) is 29.3 Å². The van der Waals surface area contributed by atoms with E-state index in [-0.39, 0.29) is 0 Å². The third-order valence-electron chi connectivity index (χ3n) is 2.59. The highest BCUT2D eigenvalue weighted by molar-refractivity contribution is 7.08. The topological polar surface area (TPSA) is 12.0 Å². The molecule has 1 aromatic carbocycles. The van der Waals surface area contributed by atoms with Crippen LogP contribution in [0.15, 0.2) is 29.0 Å². The summed E-state index contributed by atoms with van der Waals surface area (Å²) < 4.78 is 0. The Morgan fingerprint density at radius 1 is 1.12 bits per heavy atom. The molecule has 0 spiro atoms. The molecule has 4 heteroatoms. The number of halogens is 2. The Bertz CT molecular complexity index is 508. The number of nitrogens with one attached hydrogen (secondary N) is 1. The van der Waals surface area contributed by atoms with Gasteiger partial charge in [-0.05, 0) is 46.5 Å². The van der Waals surface area contributed by atoms with Crippen molar-refractivity contribution in [3.05, 3.63) is 55.7 Å². The highest BCUT2D eigenvalue weighted by Crippen LogP contribution is 2.22. The van der Waals surface area contributed by atoms with Crippen LogP contribution in [0.25, 0.3) is 0 Å².